The highest BCUT2D eigenvalue weighted by Gasteiger charge is 2.30. The van der Waals surface area contributed by atoms with Gasteiger partial charge in [-0.1, -0.05) is 18.2 Å². The van der Waals surface area contributed by atoms with Crippen LogP contribution in [-0.2, 0) is 9.59 Å². The van der Waals surface area contributed by atoms with Crippen molar-refractivity contribution in [2.24, 2.45) is 11.7 Å². The van der Waals surface area contributed by atoms with Crippen molar-refractivity contribution in [3.05, 3.63) is 35.9 Å². The van der Waals surface area contributed by atoms with Gasteiger partial charge < -0.3 is 15.4 Å². The fourth-order valence-corrected chi connectivity index (χ4v) is 2.72. The Hall–Kier alpha value is -2.44. The van der Waals surface area contributed by atoms with Crippen LogP contribution in [0, 0.1) is 5.92 Å². The molecule has 2 atom stereocenters. The first-order chi connectivity index (χ1) is 11.4. The molecule has 0 radical (unpaired) electrons. The molecule has 0 spiro atoms. The Balaban J connectivity index is 2.11. The van der Waals surface area contributed by atoms with Crippen molar-refractivity contribution in [1.82, 2.24) is 4.90 Å². The number of carbonyl (C=O) groups excluding carboxylic acids is 2. The molecule has 1 aromatic carbocycles. The summed E-state index contributed by atoms with van der Waals surface area (Å²) in [4.78, 5) is 25.3. The van der Waals surface area contributed by atoms with Gasteiger partial charge in [0.1, 0.15) is 5.75 Å². The second-order valence-electron chi connectivity index (χ2n) is 5.77. The largest absolute Gasteiger partial charge is 0.434 e. The Morgan fingerprint density at radius 1 is 1.33 bits per heavy atom. The molecule has 0 unspecified atom stereocenters. The Kier molecular flexibility index (Phi) is 5.89. The summed E-state index contributed by atoms with van der Waals surface area (Å²) in [5, 5.41) is 0. The number of nitrogens with two attached hydrogens (primary N) is 1. The van der Waals surface area contributed by atoms with Crippen molar-refractivity contribution in [3.8, 4) is 5.75 Å². The van der Waals surface area contributed by atoms with Crippen molar-refractivity contribution in [2.45, 2.75) is 32.4 Å². The minimum atomic E-state index is -2.94. The zero-order valence-corrected chi connectivity index (χ0v) is 13.3. The Morgan fingerprint density at radius 2 is 2.04 bits per heavy atom. The number of alkyl halides is 2. The minimum Gasteiger partial charge on any atom is -0.434 e. The number of primary amides is 1. The van der Waals surface area contributed by atoms with Crippen LogP contribution < -0.4 is 10.5 Å². The Bertz CT molecular complexity index is 634. The van der Waals surface area contributed by atoms with Gasteiger partial charge in [-0.25, -0.2) is 0 Å². The zero-order valence-electron chi connectivity index (χ0n) is 13.3. The third kappa shape index (κ3) is 4.53. The van der Waals surface area contributed by atoms with Crippen LogP contribution in [0.2, 0.25) is 0 Å². The predicted octanol–water partition coefficient (Wildman–Crippen LogP) is 2.41. The monoisotopic (exact) mass is 338 g/mol. The number of ether oxygens (including phenoxy) is 1. The molecule has 0 aromatic heterocycles. The molecule has 24 heavy (non-hydrogen) atoms. The molecule has 1 aliphatic heterocycles. The highest BCUT2D eigenvalue weighted by atomic mass is 19.3. The van der Waals surface area contributed by atoms with Crippen LogP contribution in [0.25, 0.3) is 6.08 Å². The molecule has 0 aliphatic carbocycles. The number of hydrogen-bond acceptors (Lipinski definition) is 3. The van der Waals surface area contributed by atoms with E-state index in [1.54, 1.807) is 23.1 Å². The lowest BCUT2D eigenvalue weighted by Gasteiger charge is -2.36. The van der Waals surface area contributed by atoms with Crippen LogP contribution in [0.5, 0.6) is 5.75 Å². The average molecular weight is 338 g/mol. The summed E-state index contributed by atoms with van der Waals surface area (Å²) in [6.45, 7) is -0.764. The summed E-state index contributed by atoms with van der Waals surface area (Å²) in [6.07, 6.45) is 4.08. The first-order valence-electron chi connectivity index (χ1n) is 7.70. The van der Waals surface area contributed by atoms with Gasteiger partial charge in [-0.3, -0.25) is 9.59 Å². The molecule has 2 amide bonds. The van der Waals surface area contributed by atoms with E-state index in [0.717, 1.165) is 0 Å². The summed E-state index contributed by atoms with van der Waals surface area (Å²) in [5.41, 5.74) is 5.70. The number of carbonyl (C=O) groups is 2. The van der Waals surface area contributed by atoms with Crippen LogP contribution in [-0.4, -0.2) is 35.9 Å². The van der Waals surface area contributed by atoms with Crippen LogP contribution in [0.3, 0.4) is 0 Å². The van der Waals surface area contributed by atoms with Gasteiger partial charge in [-0.05, 0) is 31.9 Å². The maximum absolute atomic E-state index is 12.4. The molecule has 130 valence electrons. The fourth-order valence-electron chi connectivity index (χ4n) is 2.72. The van der Waals surface area contributed by atoms with Gasteiger partial charge in [0.15, 0.2) is 0 Å². The number of nitrogens with zero attached hydrogens (tertiary/aromatic N) is 1. The summed E-state index contributed by atoms with van der Waals surface area (Å²) in [7, 11) is 0. The molecule has 0 saturated carbocycles. The molecule has 7 heteroatoms. The number of hydrogen-bond donors (Lipinski definition) is 1. The van der Waals surface area contributed by atoms with E-state index in [1.807, 2.05) is 6.92 Å². The van der Waals surface area contributed by atoms with E-state index in [1.165, 1.54) is 18.2 Å². The molecule has 0 bridgehead atoms. The fraction of sp³-hybridized carbons (Fsp3) is 0.412. The highest BCUT2D eigenvalue weighted by Crippen LogP contribution is 2.24. The molecule has 2 rings (SSSR count). The number of rotatable bonds is 5. The SMILES string of the molecule is C[C@@H]1CC[C@H](C(N)=O)CN1C(=O)/C=C/c1ccccc1OC(F)F. The third-order valence-corrected chi connectivity index (χ3v) is 4.11. The maximum atomic E-state index is 12.4. The van der Waals surface area contributed by atoms with Gasteiger partial charge in [-0.2, -0.15) is 8.78 Å². The molecule has 5 nitrogen and oxygen atoms in total. The van der Waals surface area contributed by atoms with Crippen molar-refractivity contribution < 1.29 is 23.1 Å². The summed E-state index contributed by atoms with van der Waals surface area (Å²) in [5.74, 6) is -1.06. The second-order valence-corrected chi connectivity index (χ2v) is 5.77. The van der Waals surface area contributed by atoms with Crippen LogP contribution >= 0.6 is 0 Å². The topological polar surface area (TPSA) is 72.6 Å². The maximum Gasteiger partial charge on any atom is 0.387 e. The molecular weight excluding hydrogens is 318 g/mol. The van der Waals surface area contributed by atoms with E-state index in [9.17, 15) is 18.4 Å². The van der Waals surface area contributed by atoms with Crippen LogP contribution in [0.4, 0.5) is 8.78 Å². The predicted molar refractivity (Wildman–Crippen MR) is 85.2 cm³/mol. The van der Waals surface area contributed by atoms with Gasteiger partial charge >= 0.3 is 6.61 Å². The summed E-state index contributed by atoms with van der Waals surface area (Å²) < 4.78 is 29.2. The van der Waals surface area contributed by atoms with Crippen molar-refractivity contribution in [1.29, 1.82) is 0 Å². The van der Waals surface area contributed by atoms with Gasteiger partial charge in [-0.15, -0.1) is 0 Å². The standard InChI is InChI=1S/C17H20F2N2O3/c1-11-6-7-13(16(20)23)10-21(11)15(22)9-8-12-4-2-3-5-14(12)24-17(18)19/h2-5,8-9,11,13,17H,6-7,10H2,1H3,(H2,20,23)/b9-8+/t11-,13+/m1/s1. The first-order valence-corrected chi connectivity index (χ1v) is 7.70. The smallest absolute Gasteiger partial charge is 0.387 e. The van der Waals surface area contributed by atoms with Gasteiger partial charge in [0.2, 0.25) is 11.8 Å². The van der Waals surface area contributed by atoms with Crippen molar-refractivity contribution >= 4 is 17.9 Å². The number of para-hydroxylation sites is 1. The molecule has 1 aromatic rings. The lowest BCUT2D eigenvalue weighted by molar-refractivity contribution is -0.133. The van der Waals surface area contributed by atoms with Crippen LogP contribution in [0.1, 0.15) is 25.3 Å². The zero-order chi connectivity index (χ0) is 17.7. The van der Waals surface area contributed by atoms with Gasteiger partial charge in [0, 0.05) is 24.2 Å². The summed E-state index contributed by atoms with van der Waals surface area (Å²) >= 11 is 0. The first kappa shape index (κ1) is 17.9. The lowest BCUT2D eigenvalue weighted by atomic mass is 9.93. The van der Waals surface area contributed by atoms with Crippen LogP contribution in [0.15, 0.2) is 30.3 Å². The quantitative estimate of drug-likeness (QED) is 0.838. The molecule has 1 fully saturated rings. The number of amides is 2. The molecule has 1 heterocycles. The lowest BCUT2D eigenvalue weighted by Crippen LogP contribution is -2.48. The van der Waals surface area contributed by atoms with E-state index in [0.29, 0.717) is 18.4 Å². The third-order valence-electron chi connectivity index (χ3n) is 4.11. The molecule has 1 aliphatic rings. The molecular formula is C17H20F2N2O3. The Labute approximate surface area is 139 Å². The minimum absolute atomic E-state index is 0.00162. The average Bonchev–Trinajstić information content (AvgIpc) is 2.53. The van der Waals surface area contributed by atoms with E-state index in [2.05, 4.69) is 4.74 Å². The normalized spacial score (nSPS) is 21.2. The molecule has 1 saturated heterocycles. The van der Waals surface area contributed by atoms with Gasteiger partial charge in [0.05, 0.1) is 5.92 Å². The van der Waals surface area contributed by atoms with E-state index < -0.39 is 12.5 Å². The van der Waals surface area contributed by atoms with Crippen molar-refractivity contribution in [3.63, 3.8) is 0 Å². The highest BCUT2D eigenvalue weighted by molar-refractivity contribution is 5.93. The number of piperidine rings is 1. The van der Waals surface area contributed by atoms with Crippen molar-refractivity contribution in [2.75, 3.05) is 6.54 Å². The van der Waals surface area contributed by atoms with E-state index in [-0.39, 0.29) is 30.2 Å². The number of halogens is 2. The number of benzene rings is 1. The number of likely N-dealkylation sites (tertiary alicyclic amines) is 1. The van der Waals surface area contributed by atoms with E-state index in [4.69, 9.17) is 5.73 Å². The summed E-state index contributed by atoms with van der Waals surface area (Å²) in [6, 6.07) is 6.21. The van der Waals surface area contributed by atoms with E-state index >= 15 is 0 Å². The molecule has 2 N–H and O–H groups in total. The Morgan fingerprint density at radius 3 is 2.71 bits per heavy atom. The van der Waals surface area contributed by atoms with Gasteiger partial charge in [0.25, 0.3) is 0 Å². The second kappa shape index (κ2) is 7.90.